The zero-order chi connectivity index (χ0) is 14.7. The molecule has 20 heavy (non-hydrogen) atoms. The second kappa shape index (κ2) is 6.35. The van der Waals surface area contributed by atoms with Crippen molar-refractivity contribution < 1.29 is 14.3 Å². The largest absolute Gasteiger partial charge is 0.425 e. The molecule has 1 saturated carbocycles. The zero-order valence-corrected chi connectivity index (χ0v) is 12.4. The van der Waals surface area contributed by atoms with Crippen molar-refractivity contribution in [2.24, 2.45) is 5.92 Å². The molecule has 1 aliphatic carbocycles. The molecule has 1 fully saturated rings. The molecule has 1 aliphatic rings. The lowest BCUT2D eigenvalue weighted by Crippen LogP contribution is -2.35. The molecule has 1 unspecified atom stereocenters. The number of likely N-dealkylation sites (N-methyl/N-ethyl adjacent to an activating group) is 1. The van der Waals surface area contributed by atoms with E-state index in [1.807, 2.05) is 13.8 Å². The van der Waals surface area contributed by atoms with Gasteiger partial charge in [-0.2, -0.15) is 0 Å². The summed E-state index contributed by atoms with van der Waals surface area (Å²) < 4.78 is 5.46. The van der Waals surface area contributed by atoms with Crippen molar-refractivity contribution >= 4 is 5.91 Å². The standard InChI is InChI=1S/C14H23N3O3/c1-9(2)14-16-15-12(20-14)6-7-13(19)17(3)8-11(18)10-4-5-10/h9-11,18H,4-8H2,1-3H3. The fraction of sp³-hybridized carbons (Fsp3) is 0.786. The quantitative estimate of drug-likeness (QED) is 0.816. The van der Waals surface area contributed by atoms with E-state index in [0.29, 0.717) is 37.1 Å². The van der Waals surface area contributed by atoms with E-state index in [9.17, 15) is 9.90 Å². The van der Waals surface area contributed by atoms with Gasteiger partial charge in [0.05, 0.1) is 6.10 Å². The molecule has 1 aromatic heterocycles. The summed E-state index contributed by atoms with van der Waals surface area (Å²) in [6, 6.07) is 0. The summed E-state index contributed by atoms with van der Waals surface area (Å²) in [5.74, 6) is 1.68. The Balaban J connectivity index is 1.75. The first-order chi connectivity index (χ1) is 9.47. The van der Waals surface area contributed by atoms with E-state index in [0.717, 1.165) is 12.8 Å². The second-order valence-corrected chi connectivity index (χ2v) is 5.87. The molecular formula is C14H23N3O3. The Morgan fingerprint density at radius 1 is 1.45 bits per heavy atom. The summed E-state index contributed by atoms with van der Waals surface area (Å²) in [6.45, 7) is 4.37. The molecule has 1 atom stereocenters. The van der Waals surface area contributed by atoms with Crippen LogP contribution in [0.3, 0.4) is 0 Å². The fourth-order valence-corrected chi connectivity index (χ4v) is 2.02. The van der Waals surface area contributed by atoms with Crippen molar-refractivity contribution in [3.8, 4) is 0 Å². The Labute approximate surface area is 119 Å². The minimum atomic E-state index is -0.389. The number of hydrogen-bond donors (Lipinski definition) is 1. The monoisotopic (exact) mass is 281 g/mol. The van der Waals surface area contributed by atoms with Crippen LogP contribution in [0, 0.1) is 5.92 Å². The van der Waals surface area contributed by atoms with E-state index >= 15 is 0 Å². The summed E-state index contributed by atoms with van der Waals surface area (Å²) in [5, 5.41) is 17.7. The van der Waals surface area contributed by atoms with Crippen LogP contribution in [0.4, 0.5) is 0 Å². The van der Waals surface area contributed by atoms with Gasteiger partial charge in [0.2, 0.25) is 17.7 Å². The number of aliphatic hydroxyl groups excluding tert-OH is 1. The first-order valence-electron chi connectivity index (χ1n) is 7.21. The van der Waals surface area contributed by atoms with Crippen LogP contribution < -0.4 is 0 Å². The van der Waals surface area contributed by atoms with Crippen LogP contribution >= 0.6 is 0 Å². The van der Waals surface area contributed by atoms with Crippen molar-refractivity contribution in [3.05, 3.63) is 11.8 Å². The molecule has 1 amide bonds. The fourth-order valence-electron chi connectivity index (χ4n) is 2.02. The summed E-state index contributed by atoms with van der Waals surface area (Å²) in [4.78, 5) is 13.5. The van der Waals surface area contributed by atoms with Crippen molar-refractivity contribution in [3.63, 3.8) is 0 Å². The van der Waals surface area contributed by atoms with Gasteiger partial charge in [0.1, 0.15) is 0 Å². The van der Waals surface area contributed by atoms with Gasteiger partial charge in [0.15, 0.2) is 0 Å². The Morgan fingerprint density at radius 2 is 2.15 bits per heavy atom. The number of carbonyl (C=O) groups is 1. The number of amides is 1. The first kappa shape index (κ1) is 15.0. The molecule has 0 aromatic carbocycles. The Bertz CT molecular complexity index is 454. The molecule has 1 aromatic rings. The highest BCUT2D eigenvalue weighted by molar-refractivity contribution is 5.76. The third-order valence-electron chi connectivity index (χ3n) is 3.58. The molecule has 112 valence electrons. The van der Waals surface area contributed by atoms with Crippen LogP contribution in [0.1, 0.15) is 50.8 Å². The number of aryl methyl sites for hydroxylation is 1. The molecule has 1 heterocycles. The molecule has 1 N–H and O–H groups in total. The maximum Gasteiger partial charge on any atom is 0.222 e. The number of rotatable bonds is 7. The maximum atomic E-state index is 12.0. The summed E-state index contributed by atoms with van der Waals surface area (Å²) in [6.07, 6.45) is 2.53. The molecule has 0 aliphatic heterocycles. The van der Waals surface area contributed by atoms with Crippen molar-refractivity contribution in [1.29, 1.82) is 0 Å². The van der Waals surface area contributed by atoms with Gasteiger partial charge < -0.3 is 14.4 Å². The lowest BCUT2D eigenvalue weighted by molar-refractivity contribution is -0.131. The number of aromatic nitrogens is 2. The molecule has 6 heteroatoms. The molecule has 0 radical (unpaired) electrons. The normalized spacial score (nSPS) is 16.4. The highest BCUT2D eigenvalue weighted by atomic mass is 16.4. The van der Waals surface area contributed by atoms with Crippen LogP contribution in [0.25, 0.3) is 0 Å². The second-order valence-electron chi connectivity index (χ2n) is 5.87. The Morgan fingerprint density at radius 3 is 2.70 bits per heavy atom. The van der Waals surface area contributed by atoms with Crippen molar-refractivity contribution in [2.45, 2.75) is 51.6 Å². The third-order valence-corrected chi connectivity index (χ3v) is 3.58. The van der Waals surface area contributed by atoms with Gasteiger partial charge in [-0.1, -0.05) is 13.8 Å². The molecule has 2 rings (SSSR count). The third kappa shape index (κ3) is 4.03. The molecule has 0 spiro atoms. The highest BCUT2D eigenvalue weighted by Crippen LogP contribution is 2.32. The smallest absolute Gasteiger partial charge is 0.222 e. The van der Waals surface area contributed by atoms with Crippen LogP contribution in [0.5, 0.6) is 0 Å². The molecule has 0 bridgehead atoms. The molecule has 0 saturated heterocycles. The SMILES string of the molecule is CC(C)c1nnc(CCC(=O)N(C)CC(O)C2CC2)o1. The summed E-state index contributed by atoms with van der Waals surface area (Å²) in [5.41, 5.74) is 0. The lowest BCUT2D eigenvalue weighted by atomic mass is 10.2. The lowest BCUT2D eigenvalue weighted by Gasteiger charge is -2.20. The number of hydrogen-bond acceptors (Lipinski definition) is 5. The van der Waals surface area contributed by atoms with Crippen molar-refractivity contribution in [1.82, 2.24) is 15.1 Å². The summed E-state index contributed by atoms with van der Waals surface area (Å²) >= 11 is 0. The van der Waals surface area contributed by atoms with E-state index in [1.54, 1.807) is 11.9 Å². The van der Waals surface area contributed by atoms with E-state index in [-0.39, 0.29) is 17.9 Å². The van der Waals surface area contributed by atoms with Crippen LogP contribution in [0.2, 0.25) is 0 Å². The van der Waals surface area contributed by atoms with Gasteiger partial charge in [-0.15, -0.1) is 10.2 Å². The number of carbonyl (C=O) groups excluding carboxylic acids is 1. The molecular weight excluding hydrogens is 258 g/mol. The van der Waals surface area contributed by atoms with Crippen molar-refractivity contribution in [2.75, 3.05) is 13.6 Å². The Kier molecular flexibility index (Phi) is 4.75. The molecule has 6 nitrogen and oxygen atoms in total. The zero-order valence-electron chi connectivity index (χ0n) is 12.4. The van der Waals surface area contributed by atoms with Crippen LogP contribution in [-0.4, -0.2) is 45.8 Å². The topological polar surface area (TPSA) is 79.5 Å². The predicted molar refractivity (Wildman–Crippen MR) is 73.1 cm³/mol. The Hall–Kier alpha value is -1.43. The summed E-state index contributed by atoms with van der Waals surface area (Å²) in [7, 11) is 1.72. The minimum absolute atomic E-state index is 0.00556. The van der Waals surface area contributed by atoms with Gasteiger partial charge in [0.25, 0.3) is 0 Å². The number of nitrogens with zero attached hydrogens (tertiary/aromatic N) is 3. The average molecular weight is 281 g/mol. The van der Waals surface area contributed by atoms with E-state index in [1.165, 1.54) is 0 Å². The van der Waals surface area contributed by atoms with Gasteiger partial charge >= 0.3 is 0 Å². The van der Waals surface area contributed by atoms with Crippen LogP contribution in [-0.2, 0) is 11.2 Å². The van der Waals surface area contributed by atoms with Gasteiger partial charge in [0, 0.05) is 32.4 Å². The van der Waals surface area contributed by atoms with Gasteiger partial charge in [-0.25, -0.2) is 0 Å². The van der Waals surface area contributed by atoms with E-state index in [2.05, 4.69) is 10.2 Å². The maximum absolute atomic E-state index is 12.0. The first-order valence-corrected chi connectivity index (χ1v) is 7.21. The predicted octanol–water partition coefficient (Wildman–Crippen LogP) is 1.35. The minimum Gasteiger partial charge on any atom is -0.425 e. The van der Waals surface area contributed by atoms with Crippen LogP contribution in [0.15, 0.2) is 4.42 Å². The van der Waals surface area contributed by atoms with E-state index < -0.39 is 0 Å². The average Bonchev–Trinajstić information content (AvgIpc) is 3.14. The van der Waals surface area contributed by atoms with Gasteiger partial charge in [-0.3, -0.25) is 4.79 Å². The number of aliphatic hydroxyl groups is 1. The van der Waals surface area contributed by atoms with Gasteiger partial charge in [-0.05, 0) is 18.8 Å². The van der Waals surface area contributed by atoms with E-state index in [4.69, 9.17) is 4.42 Å². The highest BCUT2D eigenvalue weighted by Gasteiger charge is 2.31.